The lowest BCUT2D eigenvalue weighted by atomic mass is 9.93. The second-order valence-corrected chi connectivity index (χ2v) is 8.12. The molecule has 0 amide bonds. The molecule has 4 aromatic rings. The summed E-state index contributed by atoms with van der Waals surface area (Å²) >= 11 is 0. The van der Waals surface area contributed by atoms with Gasteiger partial charge in [0.25, 0.3) is 0 Å². The van der Waals surface area contributed by atoms with Crippen LogP contribution in [0.25, 0.3) is 0 Å². The van der Waals surface area contributed by atoms with Crippen LogP contribution < -0.4 is 5.32 Å². The summed E-state index contributed by atoms with van der Waals surface area (Å²) in [5.41, 5.74) is 2.71. The Balaban J connectivity index is 0.000000189. The minimum absolute atomic E-state index is 0.328. The number of nitrogens with one attached hydrogen (secondary N) is 1. The van der Waals surface area contributed by atoms with E-state index in [2.05, 4.69) is 92.0 Å². The van der Waals surface area contributed by atoms with Gasteiger partial charge < -0.3 is 5.32 Å². The molecule has 6 heteroatoms. The zero-order valence-corrected chi connectivity index (χ0v) is 17.5. The molecule has 6 rings (SSSR count). The van der Waals surface area contributed by atoms with Crippen molar-refractivity contribution in [2.75, 3.05) is 26.2 Å². The van der Waals surface area contributed by atoms with Crippen molar-refractivity contribution in [3.05, 3.63) is 109 Å². The van der Waals surface area contributed by atoms with Gasteiger partial charge in [-0.25, -0.2) is 0 Å². The second-order valence-electron chi connectivity index (χ2n) is 8.12. The standard InChI is InChI=1S/C19H19N3.C6H9N3/c1-3-8-16(9-4-1)19(17-10-5-2-6-11-17)21-14-18(15-21)22-13-7-12-20-22;1-2-8-9(3-1)6-4-7-5-6/h1-13,18-19H,14-15H2;1-3,6-7H,4-5H2. The molecule has 6 nitrogen and oxygen atoms in total. The summed E-state index contributed by atoms with van der Waals surface area (Å²) in [7, 11) is 0. The van der Waals surface area contributed by atoms with E-state index < -0.39 is 0 Å². The Hall–Kier alpha value is -3.22. The zero-order chi connectivity index (χ0) is 20.9. The molecule has 2 aliphatic rings. The third kappa shape index (κ3) is 4.45. The highest BCUT2D eigenvalue weighted by molar-refractivity contribution is 5.32. The predicted octanol–water partition coefficient (Wildman–Crippen LogP) is 3.56. The summed E-state index contributed by atoms with van der Waals surface area (Å²) in [6.45, 7) is 4.22. The number of hydrogen-bond donors (Lipinski definition) is 1. The summed E-state index contributed by atoms with van der Waals surface area (Å²) in [5, 5.41) is 11.7. The predicted molar refractivity (Wildman–Crippen MR) is 122 cm³/mol. The first-order valence-corrected chi connectivity index (χ1v) is 10.9. The van der Waals surface area contributed by atoms with E-state index in [9.17, 15) is 0 Å². The Morgan fingerprint density at radius 2 is 1.19 bits per heavy atom. The SMILES string of the molecule is c1ccc(C(c2ccccc2)N2CC(n3cccn3)C2)cc1.c1cnn(C2CNC2)c1. The molecule has 2 saturated heterocycles. The fraction of sp³-hybridized carbons (Fsp3) is 0.280. The number of aromatic nitrogens is 4. The molecular formula is C25H28N6. The maximum Gasteiger partial charge on any atom is 0.0773 e. The highest BCUT2D eigenvalue weighted by Gasteiger charge is 2.35. The average molecular weight is 413 g/mol. The van der Waals surface area contributed by atoms with Crippen molar-refractivity contribution in [2.24, 2.45) is 0 Å². The van der Waals surface area contributed by atoms with E-state index in [0.717, 1.165) is 26.2 Å². The third-order valence-electron chi connectivity index (χ3n) is 6.04. The van der Waals surface area contributed by atoms with Gasteiger partial charge in [-0.15, -0.1) is 0 Å². The summed E-state index contributed by atoms with van der Waals surface area (Å²) < 4.78 is 4.07. The third-order valence-corrected chi connectivity index (χ3v) is 6.04. The van der Waals surface area contributed by atoms with E-state index in [1.54, 1.807) is 0 Å². The number of hydrogen-bond acceptors (Lipinski definition) is 4. The van der Waals surface area contributed by atoms with E-state index in [1.165, 1.54) is 11.1 Å². The molecular weight excluding hydrogens is 384 g/mol. The molecule has 2 fully saturated rings. The van der Waals surface area contributed by atoms with Gasteiger partial charge in [-0.1, -0.05) is 60.7 Å². The van der Waals surface area contributed by atoms with Crippen LogP contribution in [0.5, 0.6) is 0 Å². The van der Waals surface area contributed by atoms with Crippen LogP contribution >= 0.6 is 0 Å². The fourth-order valence-electron chi connectivity index (χ4n) is 4.20. The van der Waals surface area contributed by atoms with Crippen LogP contribution in [-0.4, -0.2) is 50.6 Å². The minimum Gasteiger partial charge on any atom is -0.312 e. The van der Waals surface area contributed by atoms with Gasteiger partial charge in [0.2, 0.25) is 0 Å². The Labute approximate surface area is 183 Å². The van der Waals surface area contributed by atoms with E-state index >= 15 is 0 Å². The van der Waals surface area contributed by atoms with Crippen LogP contribution in [0.2, 0.25) is 0 Å². The van der Waals surface area contributed by atoms with Crippen molar-refractivity contribution in [3.8, 4) is 0 Å². The smallest absolute Gasteiger partial charge is 0.0773 e. The van der Waals surface area contributed by atoms with Crippen molar-refractivity contribution in [3.63, 3.8) is 0 Å². The molecule has 0 aliphatic carbocycles. The molecule has 158 valence electrons. The number of rotatable bonds is 5. The van der Waals surface area contributed by atoms with Gasteiger partial charge in [-0.2, -0.15) is 10.2 Å². The molecule has 0 saturated carbocycles. The Bertz CT molecular complexity index is 981. The van der Waals surface area contributed by atoms with Crippen LogP contribution in [0, 0.1) is 0 Å². The topological polar surface area (TPSA) is 50.9 Å². The summed E-state index contributed by atoms with van der Waals surface area (Å²) in [5.74, 6) is 0. The van der Waals surface area contributed by atoms with Crippen LogP contribution in [0.15, 0.2) is 97.6 Å². The normalized spacial score (nSPS) is 16.9. The van der Waals surface area contributed by atoms with Crippen molar-refractivity contribution in [1.82, 2.24) is 29.8 Å². The first-order chi connectivity index (χ1) is 15.4. The monoisotopic (exact) mass is 412 g/mol. The zero-order valence-electron chi connectivity index (χ0n) is 17.5. The maximum atomic E-state index is 4.37. The highest BCUT2D eigenvalue weighted by Crippen LogP contribution is 2.35. The molecule has 4 heterocycles. The van der Waals surface area contributed by atoms with Gasteiger partial charge in [0, 0.05) is 51.0 Å². The summed E-state index contributed by atoms with van der Waals surface area (Å²) in [4.78, 5) is 2.52. The number of nitrogens with zero attached hydrogens (tertiary/aromatic N) is 5. The van der Waals surface area contributed by atoms with Crippen molar-refractivity contribution < 1.29 is 0 Å². The van der Waals surface area contributed by atoms with Crippen molar-refractivity contribution >= 4 is 0 Å². The quantitative estimate of drug-likeness (QED) is 0.545. The maximum absolute atomic E-state index is 4.37. The van der Waals surface area contributed by atoms with E-state index in [0.29, 0.717) is 18.1 Å². The van der Waals surface area contributed by atoms with Crippen LogP contribution in [0.1, 0.15) is 29.3 Å². The highest BCUT2D eigenvalue weighted by atomic mass is 15.4. The number of likely N-dealkylation sites (tertiary alicyclic amines) is 1. The lowest BCUT2D eigenvalue weighted by molar-refractivity contribution is 0.0682. The molecule has 2 aromatic carbocycles. The van der Waals surface area contributed by atoms with Crippen molar-refractivity contribution in [1.29, 1.82) is 0 Å². The van der Waals surface area contributed by atoms with Crippen LogP contribution in [0.3, 0.4) is 0 Å². The summed E-state index contributed by atoms with van der Waals surface area (Å²) in [6.07, 6.45) is 7.74. The molecule has 2 aromatic heterocycles. The molecule has 2 aliphatic heterocycles. The fourth-order valence-corrected chi connectivity index (χ4v) is 4.20. The molecule has 0 spiro atoms. The van der Waals surface area contributed by atoms with Crippen LogP contribution in [-0.2, 0) is 0 Å². The largest absolute Gasteiger partial charge is 0.312 e. The van der Waals surface area contributed by atoms with E-state index in [-0.39, 0.29) is 0 Å². The second kappa shape index (κ2) is 9.29. The molecule has 1 N–H and O–H groups in total. The van der Waals surface area contributed by atoms with Crippen LogP contribution in [0.4, 0.5) is 0 Å². The van der Waals surface area contributed by atoms with Gasteiger partial charge in [0.05, 0.1) is 18.1 Å². The Morgan fingerprint density at radius 3 is 1.61 bits per heavy atom. The van der Waals surface area contributed by atoms with Gasteiger partial charge in [0.15, 0.2) is 0 Å². The van der Waals surface area contributed by atoms with Gasteiger partial charge in [-0.05, 0) is 23.3 Å². The Kier molecular flexibility index (Phi) is 5.91. The lowest BCUT2D eigenvalue weighted by Gasteiger charge is -2.44. The number of benzene rings is 2. The first kappa shape index (κ1) is 19.7. The first-order valence-electron chi connectivity index (χ1n) is 10.9. The van der Waals surface area contributed by atoms with Gasteiger partial charge in [-0.3, -0.25) is 14.3 Å². The minimum atomic E-state index is 0.328. The molecule has 0 unspecified atom stereocenters. The van der Waals surface area contributed by atoms with Gasteiger partial charge in [0.1, 0.15) is 0 Å². The molecule has 0 bridgehead atoms. The average Bonchev–Trinajstić information content (AvgIpc) is 3.45. The summed E-state index contributed by atoms with van der Waals surface area (Å²) in [6, 6.07) is 26.9. The van der Waals surface area contributed by atoms with Crippen molar-refractivity contribution in [2.45, 2.75) is 18.1 Å². The van der Waals surface area contributed by atoms with E-state index in [4.69, 9.17) is 0 Å². The molecule has 0 radical (unpaired) electrons. The Morgan fingerprint density at radius 1 is 0.677 bits per heavy atom. The van der Waals surface area contributed by atoms with E-state index in [1.807, 2.05) is 35.4 Å². The van der Waals surface area contributed by atoms with Gasteiger partial charge >= 0.3 is 0 Å². The molecule has 0 atom stereocenters. The lowest BCUT2D eigenvalue weighted by Crippen LogP contribution is -2.49. The molecule has 31 heavy (non-hydrogen) atoms.